The first kappa shape index (κ1) is 13.8. The summed E-state index contributed by atoms with van der Waals surface area (Å²) in [5.41, 5.74) is 10.4. The second-order valence-electron chi connectivity index (χ2n) is 5.37. The molecule has 0 aromatic heterocycles. The van der Waals surface area contributed by atoms with Crippen molar-refractivity contribution in [2.75, 3.05) is 12.3 Å². The average molecular weight is 283 g/mol. The highest BCUT2D eigenvalue weighted by Gasteiger charge is 2.12. The molecule has 0 saturated heterocycles. The van der Waals surface area contributed by atoms with Crippen LogP contribution in [0.4, 0.5) is 5.69 Å². The molecule has 0 bridgehead atoms. The summed E-state index contributed by atoms with van der Waals surface area (Å²) in [6.45, 7) is 3.08. The van der Waals surface area contributed by atoms with Crippen LogP contribution in [-0.4, -0.2) is 6.61 Å². The van der Waals surface area contributed by atoms with E-state index >= 15 is 0 Å². The molecule has 1 aliphatic rings. The minimum atomic E-state index is 0.471. The van der Waals surface area contributed by atoms with E-state index in [1.807, 2.05) is 25.1 Å². The summed E-state index contributed by atoms with van der Waals surface area (Å²) in [7, 11) is 0. The normalized spacial score (nSPS) is 13.0. The van der Waals surface area contributed by atoms with E-state index in [2.05, 4.69) is 18.2 Å². The molecule has 3 heteroatoms. The van der Waals surface area contributed by atoms with E-state index in [1.54, 1.807) is 0 Å². The summed E-state index contributed by atoms with van der Waals surface area (Å²) in [5.74, 6) is 1.76. The van der Waals surface area contributed by atoms with Gasteiger partial charge in [0.2, 0.25) is 0 Å². The number of nitrogen functional groups attached to an aromatic ring is 1. The van der Waals surface area contributed by atoms with E-state index in [-0.39, 0.29) is 0 Å². The number of rotatable bonds is 5. The molecule has 0 radical (unpaired) electrons. The fourth-order valence-corrected chi connectivity index (χ4v) is 2.81. The fourth-order valence-electron chi connectivity index (χ4n) is 2.81. The SMILES string of the molecule is CCOc1ccc(N)cc1COc1ccc2c(c1)CCC2. The Morgan fingerprint density at radius 3 is 2.71 bits per heavy atom. The van der Waals surface area contributed by atoms with Crippen LogP contribution in [0.1, 0.15) is 30.0 Å². The smallest absolute Gasteiger partial charge is 0.126 e. The number of ether oxygens (including phenoxy) is 2. The lowest BCUT2D eigenvalue weighted by Gasteiger charge is -2.13. The highest BCUT2D eigenvalue weighted by Crippen LogP contribution is 2.28. The molecule has 0 fully saturated rings. The molecule has 0 saturated carbocycles. The zero-order chi connectivity index (χ0) is 14.7. The van der Waals surface area contributed by atoms with Crippen LogP contribution in [0.2, 0.25) is 0 Å². The quantitative estimate of drug-likeness (QED) is 0.850. The Hall–Kier alpha value is -2.16. The molecule has 0 heterocycles. The van der Waals surface area contributed by atoms with Gasteiger partial charge in [0.05, 0.1) is 6.61 Å². The number of nitrogens with two attached hydrogens (primary N) is 1. The van der Waals surface area contributed by atoms with Gasteiger partial charge in [-0.1, -0.05) is 6.07 Å². The lowest BCUT2D eigenvalue weighted by Crippen LogP contribution is -2.02. The molecular weight excluding hydrogens is 262 g/mol. The molecule has 0 unspecified atom stereocenters. The van der Waals surface area contributed by atoms with Gasteiger partial charge in [0.25, 0.3) is 0 Å². The third-order valence-electron chi connectivity index (χ3n) is 3.85. The van der Waals surface area contributed by atoms with E-state index in [9.17, 15) is 0 Å². The van der Waals surface area contributed by atoms with E-state index in [4.69, 9.17) is 15.2 Å². The minimum absolute atomic E-state index is 0.471. The molecule has 110 valence electrons. The van der Waals surface area contributed by atoms with Crippen molar-refractivity contribution in [3.63, 3.8) is 0 Å². The summed E-state index contributed by atoms with van der Waals surface area (Å²) in [4.78, 5) is 0. The predicted octanol–water partition coefficient (Wildman–Crippen LogP) is 3.74. The van der Waals surface area contributed by atoms with Crippen LogP contribution in [0.5, 0.6) is 11.5 Å². The van der Waals surface area contributed by atoms with Gasteiger partial charge in [0.1, 0.15) is 18.1 Å². The molecule has 21 heavy (non-hydrogen) atoms. The number of hydrogen-bond acceptors (Lipinski definition) is 3. The summed E-state index contributed by atoms with van der Waals surface area (Å²) >= 11 is 0. The summed E-state index contributed by atoms with van der Waals surface area (Å²) in [6.07, 6.45) is 3.61. The lowest BCUT2D eigenvalue weighted by atomic mass is 10.1. The van der Waals surface area contributed by atoms with Crippen molar-refractivity contribution in [2.24, 2.45) is 0 Å². The van der Waals surface area contributed by atoms with Gasteiger partial charge in [-0.05, 0) is 67.6 Å². The largest absolute Gasteiger partial charge is 0.493 e. The average Bonchev–Trinajstić information content (AvgIpc) is 2.95. The Kier molecular flexibility index (Phi) is 4.00. The lowest BCUT2D eigenvalue weighted by molar-refractivity contribution is 0.286. The van der Waals surface area contributed by atoms with Crippen molar-refractivity contribution in [3.05, 3.63) is 53.1 Å². The number of hydrogen-bond donors (Lipinski definition) is 1. The first-order valence-corrected chi connectivity index (χ1v) is 7.52. The van der Waals surface area contributed by atoms with Gasteiger partial charge in [0.15, 0.2) is 0 Å². The third kappa shape index (κ3) is 3.13. The van der Waals surface area contributed by atoms with Crippen LogP contribution in [-0.2, 0) is 19.4 Å². The second kappa shape index (κ2) is 6.08. The van der Waals surface area contributed by atoms with Gasteiger partial charge in [-0.25, -0.2) is 0 Å². The van der Waals surface area contributed by atoms with Crippen molar-refractivity contribution >= 4 is 5.69 Å². The Balaban J connectivity index is 1.74. The number of aryl methyl sites for hydroxylation is 2. The van der Waals surface area contributed by atoms with Gasteiger partial charge in [-0.15, -0.1) is 0 Å². The van der Waals surface area contributed by atoms with Crippen LogP contribution >= 0.6 is 0 Å². The monoisotopic (exact) mass is 283 g/mol. The maximum Gasteiger partial charge on any atom is 0.126 e. The Bertz CT molecular complexity index is 637. The Labute approximate surface area is 125 Å². The number of benzene rings is 2. The Morgan fingerprint density at radius 1 is 1.00 bits per heavy atom. The molecular formula is C18H21NO2. The van der Waals surface area contributed by atoms with Gasteiger partial charge in [0, 0.05) is 11.3 Å². The van der Waals surface area contributed by atoms with E-state index in [0.29, 0.717) is 13.2 Å². The van der Waals surface area contributed by atoms with Crippen LogP contribution in [0.15, 0.2) is 36.4 Å². The van der Waals surface area contributed by atoms with Crippen LogP contribution < -0.4 is 15.2 Å². The molecule has 0 aliphatic heterocycles. The van der Waals surface area contributed by atoms with Gasteiger partial charge < -0.3 is 15.2 Å². The van der Waals surface area contributed by atoms with Crippen molar-refractivity contribution < 1.29 is 9.47 Å². The third-order valence-corrected chi connectivity index (χ3v) is 3.85. The minimum Gasteiger partial charge on any atom is -0.493 e. The molecule has 0 amide bonds. The standard InChI is InChI=1S/C18H21NO2/c1-2-20-18-9-7-16(19)10-15(18)12-21-17-8-6-13-4-3-5-14(13)11-17/h6-11H,2-5,12,19H2,1H3. The van der Waals surface area contributed by atoms with Crippen LogP contribution in [0, 0.1) is 0 Å². The molecule has 3 nitrogen and oxygen atoms in total. The van der Waals surface area contributed by atoms with Crippen LogP contribution in [0.25, 0.3) is 0 Å². The number of fused-ring (bicyclic) bond motifs is 1. The Morgan fingerprint density at radius 2 is 1.86 bits per heavy atom. The first-order chi connectivity index (χ1) is 10.3. The molecule has 0 atom stereocenters. The van der Waals surface area contributed by atoms with Crippen molar-refractivity contribution in [3.8, 4) is 11.5 Å². The van der Waals surface area contributed by atoms with Gasteiger partial charge in [-0.3, -0.25) is 0 Å². The highest BCUT2D eigenvalue weighted by molar-refractivity contribution is 5.48. The number of anilines is 1. The first-order valence-electron chi connectivity index (χ1n) is 7.52. The fraction of sp³-hybridized carbons (Fsp3) is 0.333. The maximum atomic E-state index is 5.92. The maximum absolute atomic E-state index is 5.92. The van der Waals surface area contributed by atoms with Crippen LogP contribution in [0.3, 0.4) is 0 Å². The molecule has 0 spiro atoms. The topological polar surface area (TPSA) is 44.5 Å². The van der Waals surface area contributed by atoms with Gasteiger partial charge >= 0.3 is 0 Å². The zero-order valence-corrected chi connectivity index (χ0v) is 12.4. The summed E-state index contributed by atoms with van der Waals surface area (Å²) < 4.78 is 11.5. The van der Waals surface area contributed by atoms with E-state index in [1.165, 1.54) is 24.0 Å². The zero-order valence-electron chi connectivity index (χ0n) is 12.4. The van der Waals surface area contributed by atoms with Gasteiger partial charge in [-0.2, -0.15) is 0 Å². The summed E-state index contributed by atoms with van der Waals surface area (Å²) in [5, 5.41) is 0. The highest BCUT2D eigenvalue weighted by atomic mass is 16.5. The van der Waals surface area contributed by atoms with Crippen molar-refractivity contribution in [2.45, 2.75) is 32.8 Å². The van der Waals surface area contributed by atoms with E-state index in [0.717, 1.165) is 29.2 Å². The van der Waals surface area contributed by atoms with E-state index < -0.39 is 0 Å². The predicted molar refractivity (Wildman–Crippen MR) is 84.8 cm³/mol. The molecule has 1 aliphatic carbocycles. The van der Waals surface area contributed by atoms with Crippen molar-refractivity contribution in [1.82, 2.24) is 0 Å². The molecule has 2 aromatic rings. The van der Waals surface area contributed by atoms with Crippen molar-refractivity contribution in [1.29, 1.82) is 0 Å². The summed E-state index contributed by atoms with van der Waals surface area (Å²) in [6, 6.07) is 12.1. The molecule has 3 rings (SSSR count). The second-order valence-corrected chi connectivity index (χ2v) is 5.37. The molecule has 2 N–H and O–H groups in total. The molecule has 2 aromatic carbocycles.